The SMILES string of the molecule is Cc1csc2nc(Nc3ccc(NC(=O)N4CC(O)C4)cc3)nc(NC3(C)CC3)c12. The van der Waals surface area contributed by atoms with Gasteiger partial charge in [-0.15, -0.1) is 11.3 Å². The van der Waals surface area contributed by atoms with E-state index in [4.69, 9.17) is 4.98 Å². The first kappa shape index (κ1) is 19.1. The van der Waals surface area contributed by atoms with E-state index in [9.17, 15) is 9.90 Å². The first-order valence-electron chi connectivity index (χ1n) is 10.0. The number of thiophene rings is 1. The predicted octanol–water partition coefficient (Wildman–Crippen LogP) is 3.92. The minimum absolute atomic E-state index is 0.124. The first-order valence-corrected chi connectivity index (χ1v) is 10.9. The molecule has 2 aliphatic rings. The van der Waals surface area contributed by atoms with Crippen molar-refractivity contribution in [1.82, 2.24) is 14.9 Å². The highest BCUT2D eigenvalue weighted by Crippen LogP contribution is 2.41. The molecule has 2 aromatic heterocycles. The lowest BCUT2D eigenvalue weighted by Gasteiger charge is -2.35. The van der Waals surface area contributed by atoms with Crippen LogP contribution in [0.3, 0.4) is 0 Å². The number of aromatic nitrogens is 2. The van der Waals surface area contributed by atoms with Gasteiger partial charge in [0.1, 0.15) is 10.6 Å². The normalized spacial score (nSPS) is 17.5. The van der Waals surface area contributed by atoms with Crippen LogP contribution in [0.1, 0.15) is 25.3 Å². The monoisotopic (exact) mass is 424 g/mol. The highest BCUT2D eigenvalue weighted by molar-refractivity contribution is 7.17. The number of likely N-dealkylation sites (tertiary alicyclic amines) is 1. The highest BCUT2D eigenvalue weighted by Gasteiger charge is 2.38. The van der Waals surface area contributed by atoms with Crippen molar-refractivity contribution < 1.29 is 9.90 Å². The molecular weight excluding hydrogens is 400 g/mol. The molecule has 0 unspecified atom stereocenters. The molecule has 1 aromatic carbocycles. The van der Waals surface area contributed by atoms with E-state index < -0.39 is 6.10 Å². The van der Waals surface area contributed by atoms with E-state index in [1.165, 1.54) is 5.56 Å². The Morgan fingerprint density at radius 2 is 1.90 bits per heavy atom. The molecule has 0 radical (unpaired) electrons. The van der Waals surface area contributed by atoms with Crippen molar-refractivity contribution in [2.45, 2.75) is 38.3 Å². The smallest absolute Gasteiger partial charge is 0.322 e. The molecule has 0 spiro atoms. The molecule has 1 aliphatic heterocycles. The minimum Gasteiger partial charge on any atom is -0.389 e. The lowest BCUT2D eigenvalue weighted by atomic mass is 10.2. The standard InChI is InChI=1S/C21H24N6O2S/c1-12-11-30-18-16(12)17(26-21(2)7-8-21)24-19(25-18)22-13-3-5-14(6-4-13)23-20(29)27-9-15(28)10-27/h3-6,11,15,28H,7-10H2,1-2H3,(H,23,29)(H2,22,24,25,26). The number of benzene rings is 1. The van der Waals surface area contributed by atoms with Crippen LogP contribution >= 0.6 is 11.3 Å². The second kappa shape index (κ2) is 7.10. The number of fused-ring (bicyclic) bond motifs is 1. The number of aliphatic hydroxyl groups is 1. The Bertz CT molecular complexity index is 1100. The zero-order valence-electron chi connectivity index (χ0n) is 16.9. The van der Waals surface area contributed by atoms with Crippen LogP contribution in [-0.2, 0) is 0 Å². The molecule has 3 heterocycles. The molecule has 1 saturated carbocycles. The van der Waals surface area contributed by atoms with Gasteiger partial charge in [-0.2, -0.15) is 4.98 Å². The molecule has 1 saturated heterocycles. The fraction of sp³-hybridized carbons (Fsp3) is 0.381. The van der Waals surface area contributed by atoms with Crippen LogP contribution in [0.5, 0.6) is 0 Å². The number of hydrogen-bond donors (Lipinski definition) is 4. The Kier molecular flexibility index (Phi) is 4.52. The summed E-state index contributed by atoms with van der Waals surface area (Å²) < 4.78 is 0. The van der Waals surface area contributed by atoms with Crippen molar-refractivity contribution >= 4 is 50.7 Å². The van der Waals surface area contributed by atoms with Crippen molar-refractivity contribution in [2.24, 2.45) is 0 Å². The maximum atomic E-state index is 12.1. The average molecular weight is 425 g/mol. The van der Waals surface area contributed by atoms with Gasteiger partial charge in [0.05, 0.1) is 24.6 Å². The average Bonchev–Trinajstić information content (AvgIpc) is 3.29. The molecule has 8 nitrogen and oxygen atoms in total. The molecule has 5 rings (SSSR count). The third-order valence-electron chi connectivity index (χ3n) is 5.58. The van der Waals surface area contributed by atoms with E-state index in [0.717, 1.165) is 34.6 Å². The molecule has 0 bridgehead atoms. The van der Waals surface area contributed by atoms with Gasteiger partial charge in [-0.05, 0) is 61.9 Å². The first-order chi connectivity index (χ1) is 14.4. The topological polar surface area (TPSA) is 102 Å². The maximum absolute atomic E-state index is 12.1. The van der Waals surface area contributed by atoms with Crippen molar-refractivity contribution in [1.29, 1.82) is 0 Å². The summed E-state index contributed by atoms with van der Waals surface area (Å²) in [6.45, 7) is 5.05. The second-order valence-corrected chi connectivity index (χ2v) is 9.23. The predicted molar refractivity (Wildman–Crippen MR) is 120 cm³/mol. The van der Waals surface area contributed by atoms with Crippen LogP contribution in [0.4, 0.5) is 27.9 Å². The van der Waals surface area contributed by atoms with Crippen LogP contribution in [0, 0.1) is 6.92 Å². The number of hydrogen-bond acceptors (Lipinski definition) is 7. The number of rotatable bonds is 5. The number of aliphatic hydroxyl groups excluding tert-OH is 1. The number of nitrogens with one attached hydrogen (secondary N) is 3. The van der Waals surface area contributed by atoms with E-state index >= 15 is 0 Å². The number of amides is 2. The summed E-state index contributed by atoms with van der Waals surface area (Å²) in [7, 11) is 0. The van der Waals surface area contributed by atoms with Crippen LogP contribution in [-0.4, -0.2) is 50.7 Å². The fourth-order valence-electron chi connectivity index (χ4n) is 3.42. The lowest BCUT2D eigenvalue weighted by molar-refractivity contribution is 0.0309. The van der Waals surface area contributed by atoms with Gasteiger partial charge in [-0.1, -0.05) is 0 Å². The summed E-state index contributed by atoms with van der Waals surface area (Å²) in [6, 6.07) is 7.21. The van der Waals surface area contributed by atoms with Crippen LogP contribution in [0.2, 0.25) is 0 Å². The van der Waals surface area contributed by atoms with Crippen LogP contribution in [0.25, 0.3) is 10.2 Å². The largest absolute Gasteiger partial charge is 0.389 e. The quantitative estimate of drug-likeness (QED) is 0.495. The molecule has 2 fully saturated rings. The van der Waals surface area contributed by atoms with Crippen molar-refractivity contribution in [3.8, 4) is 0 Å². The number of nitrogens with zero attached hydrogens (tertiary/aromatic N) is 3. The third kappa shape index (κ3) is 3.78. The maximum Gasteiger partial charge on any atom is 0.322 e. The van der Waals surface area contributed by atoms with Gasteiger partial charge in [0, 0.05) is 16.9 Å². The van der Waals surface area contributed by atoms with Crippen LogP contribution in [0.15, 0.2) is 29.6 Å². The molecule has 1 aliphatic carbocycles. The number of carbonyl (C=O) groups is 1. The molecule has 156 valence electrons. The minimum atomic E-state index is -0.409. The Hall–Kier alpha value is -2.91. The second-order valence-electron chi connectivity index (χ2n) is 8.37. The molecule has 3 aromatic rings. The number of urea groups is 1. The Morgan fingerprint density at radius 3 is 2.57 bits per heavy atom. The summed E-state index contributed by atoms with van der Waals surface area (Å²) in [4.78, 5) is 24.0. The number of aryl methyl sites for hydroxylation is 1. The van der Waals surface area contributed by atoms with Crippen LogP contribution < -0.4 is 16.0 Å². The lowest BCUT2D eigenvalue weighted by Crippen LogP contribution is -2.54. The van der Waals surface area contributed by atoms with Gasteiger partial charge in [0.25, 0.3) is 0 Å². The zero-order chi connectivity index (χ0) is 20.9. The molecular formula is C21H24N6O2S. The highest BCUT2D eigenvalue weighted by atomic mass is 32.1. The van der Waals surface area contributed by atoms with Gasteiger partial charge in [-0.3, -0.25) is 0 Å². The van der Waals surface area contributed by atoms with E-state index in [1.807, 2.05) is 24.3 Å². The van der Waals surface area contributed by atoms with Crippen molar-refractivity contribution in [3.63, 3.8) is 0 Å². The number of β-amino-alcohol motifs (C(OH)–C–C–N with tert-alkyl or cyclic N) is 1. The van der Waals surface area contributed by atoms with E-state index in [0.29, 0.717) is 24.7 Å². The number of anilines is 4. The van der Waals surface area contributed by atoms with Gasteiger partial charge < -0.3 is 26.0 Å². The van der Waals surface area contributed by atoms with Gasteiger partial charge >= 0.3 is 6.03 Å². The molecule has 2 amide bonds. The fourth-order valence-corrected chi connectivity index (χ4v) is 4.34. The van der Waals surface area contributed by atoms with Gasteiger partial charge in [-0.25, -0.2) is 9.78 Å². The third-order valence-corrected chi connectivity index (χ3v) is 6.57. The Balaban J connectivity index is 1.32. The van der Waals surface area contributed by atoms with Crippen molar-refractivity contribution in [3.05, 3.63) is 35.2 Å². The van der Waals surface area contributed by atoms with Gasteiger partial charge in [0.2, 0.25) is 5.95 Å². The Labute approximate surface area is 178 Å². The van der Waals surface area contributed by atoms with E-state index in [1.54, 1.807) is 16.2 Å². The van der Waals surface area contributed by atoms with E-state index in [-0.39, 0.29) is 11.6 Å². The summed E-state index contributed by atoms with van der Waals surface area (Å²) in [6.07, 6.45) is 1.89. The summed E-state index contributed by atoms with van der Waals surface area (Å²) >= 11 is 1.62. The molecule has 30 heavy (non-hydrogen) atoms. The van der Waals surface area contributed by atoms with E-state index in [2.05, 4.69) is 40.2 Å². The molecule has 9 heteroatoms. The summed E-state index contributed by atoms with van der Waals surface area (Å²) in [5.41, 5.74) is 2.84. The Morgan fingerprint density at radius 1 is 1.20 bits per heavy atom. The molecule has 0 atom stereocenters. The number of carbonyl (C=O) groups excluding carboxylic acids is 1. The summed E-state index contributed by atoms with van der Waals surface area (Å²) in [5, 5.41) is 22.2. The van der Waals surface area contributed by atoms with Gasteiger partial charge in [0.15, 0.2) is 0 Å². The van der Waals surface area contributed by atoms with Crippen molar-refractivity contribution in [2.75, 3.05) is 29.0 Å². The summed E-state index contributed by atoms with van der Waals surface area (Å²) in [5.74, 6) is 1.42. The molecule has 4 N–H and O–H groups in total. The zero-order valence-corrected chi connectivity index (χ0v) is 17.7.